The van der Waals surface area contributed by atoms with Crippen molar-refractivity contribution in [3.05, 3.63) is 36.5 Å². The minimum Gasteiger partial charge on any atom is -0.466 e. The lowest BCUT2D eigenvalue weighted by Gasteiger charge is -2.64. The Kier molecular flexibility index (Phi) is 5.26. The lowest BCUT2D eigenvalue weighted by atomic mass is 9.40. The molecular formula is C30H41N3O2. The van der Waals surface area contributed by atoms with Gasteiger partial charge in [-0.1, -0.05) is 55.8 Å². The van der Waals surface area contributed by atoms with Crippen molar-refractivity contribution in [3.8, 4) is 11.3 Å². The van der Waals surface area contributed by atoms with Crippen LogP contribution in [0, 0.1) is 33.5 Å². The Labute approximate surface area is 210 Å². The van der Waals surface area contributed by atoms with Gasteiger partial charge in [-0.05, 0) is 93.3 Å². The smallest absolute Gasteiger partial charge is 0.312 e. The average molecular weight is 476 g/mol. The van der Waals surface area contributed by atoms with Crippen LogP contribution in [0.2, 0.25) is 0 Å². The van der Waals surface area contributed by atoms with Crippen molar-refractivity contribution >= 4 is 5.97 Å². The Hall–Kier alpha value is -2.17. The second kappa shape index (κ2) is 7.91. The van der Waals surface area contributed by atoms with Gasteiger partial charge in [-0.25, -0.2) is 4.68 Å². The summed E-state index contributed by atoms with van der Waals surface area (Å²) in [5.74, 6) is 1.16. The third-order valence-corrected chi connectivity index (χ3v) is 11.2. The fourth-order valence-electron chi connectivity index (χ4n) is 9.85. The predicted octanol–water partition coefficient (Wildman–Crippen LogP) is 6.85. The van der Waals surface area contributed by atoms with Crippen LogP contribution in [-0.2, 0) is 9.53 Å². The van der Waals surface area contributed by atoms with Crippen molar-refractivity contribution in [2.45, 2.75) is 91.5 Å². The Bertz CT molecular complexity index is 1110. The fraction of sp³-hybridized carbons (Fsp3) is 0.700. The molecule has 0 N–H and O–H groups in total. The lowest BCUT2D eigenvalue weighted by Crippen LogP contribution is -2.58. The van der Waals surface area contributed by atoms with Crippen LogP contribution in [0.1, 0.15) is 91.5 Å². The average Bonchev–Trinajstić information content (AvgIpc) is 3.40. The summed E-state index contributed by atoms with van der Waals surface area (Å²) in [5, 5.41) is 9.26. The highest BCUT2D eigenvalue weighted by atomic mass is 16.5. The van der Waals surface area contributed by atoms with Crippen molar-refractivity contribution in [1.82, 2.24) is 15.0 Å². The molecule has 1 aromatic carbocycles. The summed E-state index contributed by atoms with van der Waals surface area (Å²) < 4.78 is 7.85. The summed E-state index contributed by atoms with van der Waals surface area (Å²) in [4.78, 5) is 13.2. The van der Waals surface area contributed by atoms with Gasteiger partial charge in [0.05, 0.1) is 24.3 Å². The van der Waals surface area contributed by atoms with Crippen LogP contribution in [0.4, 0.5) is 0 Å². The molecule has 0 saturated heterocycles. The number of carbonyl (C=O) groups is 1. The second-order valence-electron chi connectivity index (χ2n) is 13.0. The number of nitrogens with zero attached hydrogens (tertiary/aromatic N) is 3. The second-order valence-corrected chi connectivity index (χ2v) is 13.0. The third-order valence-electron chi connectivity index (χ3n) is 11.2. The van der Waals surface area contributed by atoms with E-state index in [1.54, 1.807) is 0 Å². The number of ether oxygens (including phenoxy) is 1. The third kappa shape index (κ3) is 3.29. The van der Waals surface area contributed by atoms with Crippen LogP contribution in [0.15, 0.2) is 36.5 Å². The molecule has 35 heavy (non-hydrogen) atoms. The van der Waals surface area contributed by atoms with E-state index in [0.717, 1.165) is 30.5 Å². The minimum atomic E-state index is -0.333. The standard InChI is InChI=1S/C30H41N3O2/c1-5-35-26(34)29(4)15-9-14-28(3)23(29)13-17-30-18-25(27(2,20-30)16-12-24(28)30)33-19-22(31-32-33)21-10-7-6-8-11-21/h6-8,10-11,19,23-25H,5,9,12-18,20H2,1-4H3/t23-,24-,25-,27-,28+,29+,30-/m0/s1. The van der Waals surface area contributed by atoms with E-state index in [1.165, 1.54) is 38.5 Å². The maximum atomic E-state index is 13.2. The molecule has 2 bridgehead atoms. The van der Waals surface area contributed by atoms with Crippen LogP contribution in [0.5, 0.6) is 0 Å². The molecule has 4 saturated carbocycles. The zero-order valence-electron chi connectivity index (χ0n) is 21.9. The van der Waals surface area contributed by atoms with Crippen LogP contribution < -0.4 is 0 Å². The van der Waals surface area contributed by atoms with E-state index in [1.807, 2.05) is 13.0 Å². The Balaban J connectivity index is 1.31. The summed E-state index contributed by atoms with van der Waals surface area (Å²) in [5.41, 5.74) is 2.60. The van der Waals surface area contributed by atoms with E-state index in [-0.39, 0.29) is 22.2 Å². The highest BCUT2D eigenvalue weighted by molar-refractivity contribution is 5.77. The van der Waals surface area contributed by atoms with Gasteiger partial charge in [-0.2, -0.15) is 0 Å². The van der Waals surface area contributed by atoms with Crippen LogP contribution in [0.3, 0.4) is 0 Å². The zero-order valence-corrected chi connectivity index (χ0v) is 21.9. The lowest BCUT2D eigenvalue weighted by molar-refractivity contribution is -0.187. The molecule has 5 heteroatoms. The number of esters is 1. The molecule has 1 heterocycles. The van der Waals surface area contributed by atoms with E-state index in [0.29, 0.717) is 29.9 Å². The normalized spacial score (nSPS) is 42.2. The molecule has 1 spiro atoms. The molecule has 4 aliphatic rings. The van der Waals surface area contributed by atoms with Crippen LogP contribution in [0.25, 0.3) is 11.3 Å². The molecule has 0 amide bonds. The van der Waals surface area contributed by atoms with E-state index < -0.39 is 0 Å². The SMILES string of the molecule is CCOC(=O)[C@]1(C)CCC[C@@]2(C)[C@@H]3CC[C@@]4(C)C[C@]3(CC[C@@H]21)C[C@@H]4n1cc(-c2ccccc2)nn1. The van der Waals surface area contributed by atoms with Gasteiger partial charge in [0.25, 0.3) is 0 Å². The van der Waals surface area contributed by atoms with Gasteiger partial charge in [0.15, 0.2) is 0 Å². The quantitative estimate of drug-likeness (QED) is 0.454. The molecule has 4 aliphatic carbocycles. The molecule has 188 valence electrons. The Morgan fingerprint density at radius 2 is 1.83 bits per heavy atom. The topological polar surface area (TPSA) is 57.0 Å². The molecule has 1 aromatic heterocycles. The van der Waals surface area contributed by atoms with E-state index in [9.17, 15) is 4.79 Å². The molecule has 0 radical (unpaired) electrons. The fourth-order valence-corrected chi connectivity index (χ4v) is 9.85. The maximum absolute atomic E-state index is 13.2. The predicted molar refractivity (Wildman–Crippen MR) is 136 cm³/mol. The number of rotatable bonds is 4. The molecule has 4 fully saturated rings. The van der Waals surface area contributed by atoms with Gasteiger partial charge in [0, 0.05) is 5.56 Å². The van der Waals surface area contributed by atoms with Gasteiger partial charge in [0.2, 0.25) is 0 Å². The Morgan fingerprint density at radius 1 is 1.06 bits per heavy atom. The van der Waals surface area contributed by atoms with Gasteiger partial charge in [-0.3, -0.25) is 4.79 Å². The Morgan fingerprint density at radius 3 is 2.60 bits per heavy atom. The maximum Gasteiger partial charge on any atom is 0.312 e. The summed E-state index contributed by atoms with van der Waals surface area (Å²) in [7, 11) is 0. The largest absolute Gasteiger partial charge is 0.466 e. The van der Waals surface area contributed by atoms with E-state index in [4.69, 9.17) is 4.74 Å². The molecule has 6 rings (SSSR count). The highest BCUT2D eigenvalue weighted by Gasteiger charge is 2.68. The number of hydrogen-bond donors (Lipinski definition) is 0. The first kappa shape index (κ1) is 23.2. The first-order valence-electron chi connectivity index (χ1n) is 13.9. The minimum absolute atomic E-state index is 0.0490. The van der Waals surface area contributed by atoms with Crippen molar-refractivity contribution in [2.75, 3.05) is 6.61 Å². The summed E-state index contributed by atoms with van der Waals surface area (Å²) >= 11 is 0. The molecule has 0 aliphatic heterocycles. The van der Waals surface area contributed by atoms with Crippen LogP contribution in [-0.4, -0.2) is 27.6 Å². The number of benzene rings is 1. The van der Waals surface area contributed by atoms with Crippen molar-refractivity contribution in [3.63, 3.8) is 0 Å². The highest BCUT2D eigenvalue weighted by Crippen LogP contribution is 2.75. The summed E-state index contributed by atoms with van der Waals surface area (Å²) in [6.45, 7) is 9.68. The summed E-state index contributed by atoms with van der Waals surface area (Å²) in [6, 6.07) is 10.8. The number of hydrogen-bond acceptors (Lipinski definition) is 4. The number of fused-ring (bicyclic) bond motifs is 3. The molecule has 2 aromatic rings. The summed E-state index contributed by atoms with van der Waals surface area (Å²) in [6.07, 6.45) is 12.9. The van der Waals surface area contributed by atoms with Gasteiger partial charge in [0.1, 0.15) is 5.69 Å². The number of carbonyl (C=O) groups excluding carboxylic acids is 1. The van der Waals surface area contributed by atoms with Gasteiger partial charge < -0.3 is 4.74 Å². The first-order valence-corrected chi connectivity index (χ1v) is 13.9. The monoisotopic (exact) mass is 475 g/mol. The molecule has 0 unspecified atom stereocenters. The first-order chi connectivity index (χ1) is 16.7. The van der Waals surface area contributed by atoms with Gasteiger partial charge >= 0.3 is 5.97 Å². The van der Waals surface area contributed by atoms with Crippen molar-refractivity contribution < 1.29 is 9.53 Å². The zero-order chi connectivity index (χ0) is 24.5. The molecule has 5 nitrogen and oxygen atoms in total. The van der Waals surface area contributed by atoms with E-state index >= 15 is 0 Å². The van der Waals surface area contributed by atoms with E-state index in [2.05, 4.69) is 66.2 Å². The van der Waals surface area contributed by atoms with Gasteiger partial charge in [-0.15, -0.1) is 5.10 Å². The van der Waals surface area contributed by atoms with Crippen LogP contribution >= 0.6 is 0 Å². The van der Waals surface area contributed by atoms with Crippen molar-refractivity contribution in [2.24, 2.45) is 33.5 Å². The van der Waals surface area contributed by atoms with Crippen molar-refractivity contribution in [1.29, 1.82) is 0 Å². The molecular weight excluding hydrogens is 434 g/mol. The number of aromatic nitrogens is 3. The molecule has 7 atom stereocenters.